The van der Waals surface area contributed by atoms with Crippen molar-refractivity contribution in [3.8, 4) is 5.75 Å². The average molecular weight is 243 g/mol. The van der Waals surface area contributed by atoms with Crippen LogP contribution < -0.4 is 10.1 Å². The van der Waals surface area contributed by atoms with E-state index in [1.807, 2.05) is 0 Å². The van der Waals surface area contributed by atoms with Crippen molar-refractivity contribution in [2.24, 2.45) is 5.41 Å². The van der Waals surface area contributed by atoms with Gasteiger partial charge in [-0.2, -0.15) is 0 Å². The second-order valence-electron chi connectivity index (χ2n) is 4.67. The molecule has 0 radical (unpaired) electrons. The Morgan fingerprint density at radius 3 is 2.35 bits per heavy atom. The smallest absolute Gasteiger partial charge is 0.229 e. The van der Waals surface area contributed by atoms with Crippen LogP contribution in [0.5, 0.6) is 5.75 Å². The summed E-state index contributed by atoms with van der Waals surface area (Å²) in [6.07, 6.45) is 0. The van der Waals surface area contributed by atoms with Crippen LogP contribution in [0.4, 0.5) is 14.5 Å². The number of ether oxygens (including phenoxy) is 1. The fourth-order valence-corrected chi connectivity index (χ4v) is 1.17. The molecule has 0 spiro atoms. The predicted molar refractivity (Wildman–Crippen MR) is 61.0 cm³/mol. The number of rotatable bonds is 2. The summed E-state index contributed by atoms with van der Waals surface area (Å²) in [5.74, 6) is -2.14. The van der Waals surface area contributed by atoms with Gasteiger partial charge in [-0.1, -0.05) is 20.8 Å². The molecule has 0 atom stereocenters. The lowest BCUT2D eigenvalue weighted by Gasteiger charge is -2.19. The highest BCUT2D eigenvalue weighted by molar-refractivity contribution is 5.95. The quantitative estimate of drug-likeness (QED) is 0.867. The van der Waals surface area contributed by atoms with Crippen LogP contribution >= 0.6 is 0 Å². The van der Waals surface area contributed by atoms with Gasteiger partial charge in [-0.05, 0) is 0 Å². The van der Waals surface area contributed by atoms with E-state index in [-0.39, 0.29) is 17.3 Å². The van der Waals surface area contributed by atoms with Crippen molar-refractivity contribution in [3.63, 3.8) is 0 Å². The minimum absolute atomic E-state index is 0.00933. The van der Waals surface area contributed by atoms with Gasteiger partial charge in [0.15, 0.2) is 11.6 Å². The number of carbonyl (C=O) groups is 1. The van der Waals surface area contributed by atoms with E-state index in [2.05, 4.69) is 5.32 Å². The Hall–Kier alpha value is -1.65. The van der Waals surface area contributed by atoms with Crippen molar-refractivity contribution >= 4 is 11.6 Å². The van der Waals surface area contributed by atoms with Crippen LogP contribution in [0.3, 0.4) is 0 Å². The van der Waals surface area contributed by atoms with Crippen LogP contribution in [0.1, 0.15) is 20.8 Å². The van der Waals surface area contributed by atoms with E-state index in [0.717, 1.165) is 6.07 Å². The molecule has 0 bridgehead atoms. The van der Waals surface area contributed by atoms with Crippen LogP contribution in [-0.4, -0.2) is 13.0 Å². The van der Waals surface area contributed by atoms with E-state index in [1.54, 1.807) is 20.8 Å². The summed E-state index contributed by atoms with van der Waals surface area (Å²) in [6.45, 7) is 5.10. The first-order valence-electron chi connectivity index (χ1n) is 5.10. The zero-order valence-corrected chi connectivity index (χ0v) is 10.2. The fraction of sp³-hybridized carbons (Fsp3) is 0.417. The largest absolute Gasteiger partial charge is 0.492 e. The predicted octanol–water partition coefficient (Wildman–Crippen LogP) is 2.96. The third kappa shape index (κ3) is 3.15. The summed E-state index contributed by atoms with van der Waals surface area (Å²) in [6, 6.07) is 1.72. The number of amides is 1. The molecule has 1 amide bonds. The molecule has 3 nitrogen and oxygen atoms in total. The van der Waals surface area contributed by atoms with Crippen molar-refractivity contribution in [3.05, 3.63) is 23.8 Å². The Balaban J connectivity index is 3.10. The first kappa shape index (κ1) is 13.4. The van der Waals surface area contributed by atoms with E-state index in [0.29, 0.717) is 6.07 Å². The zero-order chi connectivity index (χ0) is 13.2. The highest BCUT2D eigenvalue weighted by Gasteiger charge is 2.23. The van der Waals surface area contributed by atoms with E-state index in [1.165, 1.54) is 7.11 Å². The van der Waals surface area contributed by atoms with Crippen LogP contribution in [0.15, 0.2) is 12.1 Å². The molecule has 1 N–H and O–H groups in total. The van der Waals surface area contributed by atoms with E-state index in [4.69, 9.17) is 4.74 Å². The molecule has 0 saturated carbocycles. The molecule has 17 heavy (non-hydrogen) atoms. The molecule has 0 aliphatic carbocycles. The molecule has 1 rings (SSSR count). The number of hydrogen-bond acceptors (Lipinski definition) is 2. The number of methoxy groups -OCH3 is 1. The van der Waals surface area contributed by atoms with E-state index in [9.17, 15) is 13.6 Å². The summed E-state index contributed by atoms with van der Waals surface area (Å²) >= 11 is 0. The topological polar surface area (TPSA) is 38.3 Å². The van der Waals surface area contributed by atoms with Gasteiger partial charge < -0.3 is 10.1 Å². The maximum Gasteiger partial charge on any atom is 0.229 e. The first-order chi connectivity index (χ1) is 7.75. The van der Waals surface area contributed by atoms with Crippen LogP contribution in [0, 0.1) is 17.0 Å². The summed E-state index contributed by atoms with van der Waals surface area (Å²) < 4.78 is 31.2. The summed E-state index contributed by atoms with van der Waals surface area (Å²) in [7, 11) is 1.25. The fourth-order valence-electron chi connectivity index (χ4n) is 1.17. The van der Waals surface area contributed by atoms with Crippen molar-refractivity contribution in [2.75, 3.05) is 12.4 Å². The second-order valence-corrected chi connectivity index (χ2v) is 4.67. The van der Waals surface area contributed by atoms with Crippen LogP contribution in [0.25, 0.3) is 0 Å². The first-order valence-corrected chi connectivity index (χ1v) is 5.10. The zero-order valence-electron chi connectivity index (χ0n) is 10.2. The molecule has 0 heterocycles. The standard InChI is InChI=1S/C12H15F2NO2/c1-12(2,3)11(16)15-9-6-7(13)5-8(14)10(9)17-4/h5-6H,1-4H3,(H,15,16). The molecule has 0 aromatic heterocycles. The number of anilines is 1. The van der Waals surface area contributed by atoms with E-state index < -0.39 is 17.0 Å². The number of carbonyl (C=O) groups excluding carboxylic acids is 1. The van der Waals surface area contributed by atoms with Gasteiger partial charge in [-0.25, -0.2) is 8.78 Å². The molecule has 1 aromatic carbocycles. The van der Waals surface area contributed by atoms with Crippen molar-refractivity contribution in [1.29, 1.82) is 0 Å². The third-order valence-corrected chi connectivity index (χ3v) is 2.14. The van der Waals surface area contributed by atoms with Gasteiger partial charge in [-0.3, -0.25) is 4.79 Å². The number of halogens is 2. The van der Waals surface area contributed by atoms with Gasteiger partial charge in [0.1, 0.15) is 5.82 Å². The number of hydrogen-bond donors (Lipinski definition) is 1. The Labute approximate surface area is 98.8 Å². The van der Waals surface area contributed by atoms with Crippen molar-refractivity contribution in [2.45, 2.75) is 20.8 Å². The average Bonchev–Trinajstić information content (AvgIpc) is 2.15. The molecule has 0 fully saturated rings. The lowest BCUT2D eigenvalue weighted by molar-refractivity contribution is -0.123. The van der Waals surface area contributed by atoms with E-state index >= 15 is 0 Å². The van der Waals surface area contributed by atoms with Gasteiger partial charge in [0, 0.05) is 17.5 Å². The maximum absolute atomic E-state index is 13.3. The van der Waals surface area contributed by atoms with Gasteiger partial charge in [-0.15, -0.1) is 0 Å². The monoisotopic (exact) mass is 243 g/mol. The highest BCUT2D eigenvalue weighted by atomic mass is 19.1. The Morgan fingerprint density at radius 1 is 1.29 bits per heavy atom. The SMILES string of the molecule is COc1c(F)cc(F)cc1NC(=O)C(C)(C)C. The lowest BCUT2D eigenvalue weighted by atomic mass is 9.95. The maximum atomic E-state index is 13.3. The Kier molecular flexibility index (Phi) is 3.70. The van der Waals surface area contributed by atoms with Crippen molar-refractivity contribution in [1.82, 2.24) is 0 Å². The summed E-state index contributed by atoms with van der Waals surface area (Å²) in [5.41, 5.74) is -0.668. The molecule has 94 valence electrons. The number of benzene rings is 1. The lowest BCUT2D eigenvalue weighted by Crippen LogP contribution is -2.28. The van der Waals surface area contributed by atoms with Crippen molar-refractivity contribution < 1.29 is 18.3 Å². The Morgan fingerprint density at radius 2 is 1.88 bits per heavy atom. The Bertz CT molecular complexity index is 439. The molecule has 0 aliphatic heterocycles. The molecule has 1 aromatic rings. The van der Waals surface area contributed by atoms with Crippen LogP contribution in [0.2, 0.25) is 0 Å². The van der Waals surface area contributed by atoms with Gasteiger partial charge in [0.2, 0.25) is 5.91 Å². The minimum atomic E-state index is -0.850. The number of nitrogens with one attached hydrogen (secondary N) is 1. The van der Waals surface area contributed by atoms with Crippen LogP contribution in [-0.2, 0) is 4.79 Å². The highest BCUT2D eigenvalue weighted by Crippen LogP contribution is 2.30. The van der Waals surface area contributed by atoms with Gasteiger partial charge in [0.25, 0.3) is 0 Å². The minimum Gasteiger partial charge on any atom is -0.492 e. The summed E-state index contributed by atoms with van der Waals surface area (Å²) in [4.78, 5) is 11.7. The normalized spacial score (nSPS) is 11.2. The molecule has 0 aliphatic rings. The molecular formula is C12H15F2NO2. The molecular weight excluding hydrogens is 228 g/mol. The summed E-state index contributed by atoms with van der Waals surface area (Å²) in [5, 5.41) is 2.44. The van der Waals surface area contributed by atoms with Gasteiger partial charge >= 0.3 is 0 Å². The molecule has 0 saturated heterocycles. The molecule has 0 unspecified atom stereocenters. The molecule has 5 heteroatoms. The van der Waals surface area contributed by atoms with Gasteiger partial charge in [0.05, 0.1) is 12.8 Å². The third-order valence-electron chi connectivity index (χ3n) is 2.14. The second kappa shape index (κ2) is 4.69.